The smallest absolute Gasteiger partial charge is 0.306 e. The minimum atomic E-state index is -3.69. The van der Waals surface area contributed by atoms with Crippen LogP contribution in [0.3, 0.4) is 0 Å². The van der Waals surface area contributed by atoms with E-state index in [2.05, 4.69) is 9.71 Å². The monoisotopic (exact) mass is 296 g/mol. The first kappa shape index (κ1) is 14.7. The van der Waals surface area contributed by atoms with E-state index in [-0.39, 0.29) is 11.3 Å². The molecule has 7 heteroatoms. The average Bonchev–Trinajstić information content (AvgIpc) is 2.38. The Hall–Kier alpha value is -1.73. The van der Waals surface area contributed by atoms with Gasteiger partial charge >= 0.3 is 5.97 Å². The first-order chi connectivity index (χ1) is 9.38. The summed E-state index contributed by atoms with van der Waals surface area (Å²) in [4.78, 5) is 14.9. The van der Waals surface area contributed by atoms with Crippen molar-refractivity contribution in [2.45, 2.75) is 30.7 Å². The highest BCUT2D eigenvalue weighted by Crippen LogP contribution is 2.20. The summed E-state index contributed by atoms with van der Waals surface area (Å²) in [5.41, 5.74) is 0.746. The number of hydrogen-bond acceptors (Lipinski definition) is 4. The fourth-order valence-corrected chi connectivity index (χ4v) is 3.37. The molecule has 2 atom stereocenters. The summed E-state index contributed by atoms with van der Waals surface area (Å²) in [6.07, 6.45) is 6.92. The Labute approximate surface area is 117 Å². The molecule has 1 aromatic heterocycles. The lowest BCUT2D eigenvalue weighted by Gasteiger charge is -2.22. The maximum atomic E-state index is 12.2. The third-order valence-electron chi connectivity index (χ3n) is 3.14. The minimum absolute atomic E-state index is 0.0864. The Morgan fingerprint density at radius 1 is 1.45 bits per heavy atom. The largest absolute Gasteiger partial charge is 0.481 e. The fourth-order valence-electron chi connectivity index (χ4n) is 2.12. The van der Waals surface area contributed by atoms with E-state index in [0.29, 0.717) is 6.42 Å². The Morgan fingerprint density at radius 3 is 2.85 bits per heavy atom. The van der Waals surface area contributed by atoms with Crippen LogP contribution >= 0.6 is 0 Å². The summed E-state index contributed by atoms with van der Waals surface area (Å²) in [7, 11) is -3.69. The van der Waals surface area contributed by atoms with E-state index in [0.717, 1.165) is 5.56 Å². The zero-order valence-corrected chi connectivity index (χ0v) is 11.8. The number of carbonyl (C=O) groups is 1. The van der Waals surface area contributed by atoms with Crippen LogP contribution in [0.1, 0.15) is 18.4 Å². The predicted octanol–water partition coefficient (Wildman–Crippen LogP) is 1.09. The summed E-state index contributed by atoms with van der Waals surface area (Å²) < 4.78 is 26.9. The van der Waals surface area contributed by atoms with Gasteiger partial charge < -0.3 is 5.11 Å². The van der Waals surface area contributed by atoms with E-state index in [1.807, 2.05) is 0 Å². The molecule has 1 aliphatic rings. The fraction of sp³-hybridized carbons (Fsp3) is 0.385. The van der Waals surface area contributed by atoms with E-state index in [1.165, 1.54) is 12.3 Å². The summed E-state index contributed by atoms with van der Waals surface area (Å²) in [6.45, 7) is 1.76. The van der Waals surface area contributed by atoms with Crippen molar-refractivity contribution in [3.8, 4) is 0 Å². The maximum absolute atomic E-state index is 12.2. The molecule has 108 valence electrons. The number of nitrogens with one attached hydrogen (secondary N) is 1. The number of aryl methyl sites for hydroxylation is 1. The van der Waals surface area contributed by atoms with Gasteiger partial charge in [0.25, 0.3) is 0 Å². The Kier molecular flexibility index (Phi) is 4.20. The van der Waals surface area contributed by atoms with Gasteiger partial charge in [-0.3, -0.25) is 9.78 Å². The molecule has 0 amide bonds. The van der Waals surface area contributed by atoms with Gasteiger partial charge in [0, 0.05) is 18.4 Å². The second-order valence-corrected chi connectivity index (χ2v) is 6.57. The van der Waals surface area contributed by atoms with E-state index in [9.17, 15) is 13.2 Å². The minimum Gasteiger partial charge on any atom is -0.481 e. The molecule has 2 rings (SSSR count). The van der Waals surface area contributed by atoms with E-state index < -0.39 is 28.0 Å². The Balaban J connectivity index is 2.15. The quantitative estimate of drug-likeness (QED) is 0.811. The third kappa shape index (κ3) is 3.43. The van der Waals surface area contributed by atoms with Gasteiger partial charge in [-0.05, 0) is 31.4 Å². The van der Waals surface area contributed by atoms with Crippen molar-refractivity contribution in [2.75, 3.05) is 0 Å². The summed E-state index contributed by atoms with van der Waals surface area (Å²) >= 11 is 0. The molecule has 0 radical (unpaired) electrons. The standard InChI is InChI=1S/C13H16N2O4S/c1-9-5-12(8-14-7-9)20(18,19)15-11-4-2-3-10(6-11)13(16)17/h2,4-5,7-8,10-11,15H,3,6H2,1H3,(H,16,17)/t10-,11-/m0/s1. The molecule has 1 aromatic rings. The molecular weight excluding hydrogens is 280 g/mol. The first-order valence-electron chi connectivity index (χ1n) is 6.22. The zero-order valence-electron chi connectivity index (χ0n) is 11.0. The summed E-state index contributed by atoms with van der Waals surface area (Å²) in [5.74, 6) is -1.46. The summed E-state index contributed by atoms with van der Waals surface area (Å²) in [6, 6.07) is 1.02. The number of hydrogen-bond donors (Lipinski definition) is 2. The van der Waals surface area contributed by atoms with Crippen molar-refractivity contribution in [1.82, 2.24) is 9.71 Å². The molecule has 0 bridgehead atoms. The van der Waals surface area contributed by atoms with Gasteiger partial charge in [-0.15, -0.1) is 0 Å². The topological polar surface area (TPSA) is 96.4 Å². The molecule has 0 saturated heterocycles. The third-order valence-corrected chi connectivity index (χ3v) is 4.60. The van der Waals surface area contributed by atoms with Crippen LogP contribution in [0.5, 0.6) is 0 Å². The van der Waals surface area contributed by atoms with Crippen molar-refractivity contribution < 1.29 is 18.3 Å². The van der Waals surface area contributed by atoms with Gasteiger partial charge in [0.1, 0.15) is 4.90 Å². The normalized spacial score (nSPS) is 22.6. The van der Waals surface area contributed by atoms with Crippen molar-refractivity contribution in [1.29, 1.82) is 0 Å². The average molecular weight is 296 g/mol. The summed E-state index contributed by atoms with van der Waals surface area (Å²) in [5, 5.41) is 8.99. The molecule has 0 fully saturated rings. The van der Waals surface area contributed by atoms with E-state index in [1.54, 1.807) is 25.3 Å². The van der Waals surface area contributed by atoms with Crippen molar-refractivity contribution in [2.24, 2.45) is 5.92 Å². The molecule has 0 aromatic carbocycles. The zero-order chi connectivity index (χ0) is 14.8. The van der Waals surface area contributed by atoms with Gasteiger partial charge in [-0.2, -0.15) is 0 Å². The molecule has 1 heterocycles. The number of allylic oxidation sites excluding steroid dienone is 1. The molecule has 0 saturated carbocycles. The SMILES string of the molecule is Cc1cncc(S(=O)(=O)N[C@H]2C=CC[C@H](C(=O)O)C2)c1. The lowest BCUT2D eigenvalue weighted by molar-refractivity contribution is -0.142. The number of pyridine rings is 1. The molecule has 20 heavy (non-hydrogen) atoms. The molecule has 0 aliphatic heterocycles. The Morgan fingerprint density at radius 2 is 2.20 bits per heavy atom. The predicted molar refractivity (Wildman–Crippen MR) is 72.6 cm³/mol. The van der Waals surface area contributed by atoms with Crippen LogP contribution in [0.4, 0.5) is 0 Å². The number of aliphatic carboxylic acids is 1. The highest BCUT2D eigenvalue weighted by molar-refractivity contribution is 7.89. The van der Waals surface area contributed by atoms with Crippen LogP contribution in [-0.2, 0) is 14.8 Å². The van der Waals surface area contributed by atoms with Crippen LogP contribution < -0.4 is 4.72 Å². The van der Waals surface area contributed by atoms with Crippen LogP contribution in [0.15, 0.2) is 35.5 Å². The molecule has 0 spiro atoms. The molecular formula is C13H16N2O4S. The van der Waals surface area contributed by atoms with Gasteiger partial charge in [0.05, 0.1) is 5.92 Å². The van der Waals surface area contributed by atoms with Gasteiger partial charge in [-0.25, -0.2) is 13.1 Å². The van der Waals surface area contributed by atoms with Crippen molar-refractivity contribution >= 4 is 16.0 Å². The number of carboxylic acids is 1. The second-order valence-electron chi connectivity index (χ2n) is 4.86. The Bertz CT molecular complexity index is 640. The van der Waals surface area contributed by atoms with E-state index in [4.69, 9.17) is 5.11 Å². The van der Waals surface area contributed by atoms with Gasteiger partial charge in [-0.1, -0.05) is 12.2 Å². The number of sulfonamides is 1. The lowest BCUT2D eigenvalue weighted by atomic mass is 9.92. The molecule has 0 unspecified atom stereocenters. The number of carboxylic acid groups (broad SMARTS) is 1. The van der Waals surface area contributed by atoms with Crippen molar-refractivity contribution in [3.63, 3.8) is 0 Å². The maximum Gasteiger partial charge on any atom is 0.306 e. The van der Waals surface area contributed by atoms with Crippen molar-refractivity contribution in [3.05, 3.63) is 36.2 Å². The lowest BCUT2D eigenvalue weighted by Crippen LogP contribution is -2.37. The number of aromatic nitrogens is 1. The molecule has 6 nitrogen and oxygen atoms in total. The van der Waals surface area contributed by atoms with Crippen LogP contribution in [-0.4, -0.2) is 30.5 Å². The first-order valence-corrected chi connectivity index (χ1v) is 7.70. The number of nitrogens with zero attached hydrogens (tertiary/aromatic N) is 1. The van der Waals surface area contributed by atoms with Crippen LogP contribution in [0, 0.1) is 12.8 Å². The highest BCUT2D eigenvalue weighted by atomic mass is 32.2. The second kappa shape index (κ2) is 5.72. The van der Waals surface area contributed by atoms with Crippen LogP contribution in [0.2, 0.25) is 0 Å². The van der Waals surface area contributed by atoms with Crippen LogP contribution in [0.25, 0.3) is 0 Å². The number of rotatable bonds is 4. The van der Waals surface area contributed by atoms with Gasteiger partial charge in [0.15, 0.2) is 0 Å². The van der Waals surface area contributed by atoms with E-state index >= 15 is 0 Å². The molecule has 2 N–H and O–H groups in total. The highest BCUT2D eigenvalue weighted by Gasteiger charge is 2.27. The molecule has 1 aliphatic carbocycles. The van der Waals surface area contributed by atoms with Gasteiger partial charge in [0.2, 0.25) is 10.0 Å².